The van der Waals surface area contributed by atoms with Crippen LogP contribution < -0.4 is 5.32 Å². The molecule has 0 aromatic carbocycles. The minimum absolute atomic E-state index is 0.0504. The molecule has 2 aliphatic carbocycles. The third kappa shape index (κ3) is 2.81. The Kier molecular flexibility index (Phi) is 4.70. The molecule has 2 heterocycles. The average molecular weight is 361 g/mol. The number of imide groups is 1. The number of nitrogens with one attached hydrogen (secondary N) is 1. The number of rotatable bonds is 2. The molecule has 0 radical (unpaired) electrons. The van der Waals surface area contributed by atoms with Gasteiger partial charge in [-0.15, -0.1) is 0 Å². The minimum atomic E-state index is -0.773. The lowest BCUT2D eigenvalue weighted by molar-refractivity contribution is -0.144. The quantitative estimate of drug-likeness (QED) is 0.769. The second-order valence-corrected chi connectivity index (χ2v) is 8.78. The van der Waals surface area contributed by atoms with Gasteiger partial charge in [0.05, 0.1) is 0 Å². The van der Waals surface area contributed by atoms with Crippen molar-refractivity contribution in [2.24, 2.45) is 11.8 Å². The SMILES string of the molecule is C[C@H]1CCCC[C@@]12NC(=O)N(CC(=O)N1CCC[C@H]3CCCC[C@@H]31)C2=O. The molecule has 1 N–H and O–H groups in total. The number of fused-ring (bicyclic) bond motifs is 1. The molecule has 4 atom stereocenters. The van der Waals surface area contributed by atoms with Gasteiger partial charge >= 0.3 is 6.03 Å². The Balaban J connectivity index is 1.47. The van der Waals surface area contributed by atoms with E-state index in [9.17, 15) is 14.4 Å². The molecule has 0 aromatic rings. The number of piperidine rings is 1. The van der Waals surface area contributed by atoms with Gasteiger partial charge in [-0.25, -0.2) is 4.79 Å². The standard InChI is InChI=1S/C20H31N3O3/c1-14-7-4-5-11-20(14)18(25)23(19(26)21-20)13-17(24)22-12-6-9-15-8-2-3-10-16(15)22/h14-16H,2-13H2,1H3,(H,21,26)/t14-,15+,16-,20+/m0/s1. The fraction of sp³-hybridized carbons (Fsp3) is 0.850. The molecule has 2 saturated heterocycles. The maximum Gasteiger partial charge on any atom is 0.325 e. The molecule has 4 aliphatic rings. The molecular weight excluding hydrogens is 330 g/mol. The Hall–Kier alpha value is -1.59. The zero-order valence-corrected chi connectivity index (χ0v) is 15.8. The minimum Gasteiger partial charge on any atom is -0.338 e. The van der Waals surface area contributed by atoms with Gasteiger partial charge in [-0.05, 0) is 50.4 Å². The average Bonchev–Trinajstić information content (AvgIpc) is 2.88. The Labute approximate surface area is 155 Å². The molecule has 2 aliphatic heterocycles. The molecular formula is C20H31N3O3. The van der Waals surface area contributed by atoms with Crippen LogP contribution in [0.25, 0.3) is 0 Å². The van der Waals surface area contributed by atoms with E-state index in [-0.39, 0.29) is 30.3 Å². The van der Waals surface area contributed by atoms with Crippen molar-refractivity contribution in [1.29, 1.82) is 0 Å². The molecule has 4 rings (SSSR count). The highest BCUT2D eigenvalue weighted by atomic mass is 16.2. The smallest absolute Gasteiger partial charge is 0.325 e. The first-order valence-electron chi connectivity index (χ1n) is 10.5. The summed E-state index contributed by atoms with van der Waals surface area (Å²) in [5.74, 6) is 0.505. The summed E-state index contributed by atoms with van der Waals surface area (Å²) in [7, 11) is 0. The fourth-order valence-electron chi connectivity index (χ4n) is 5.80. The molecule has 144 valence electrons. The summed E-state index contributed by atoms with van der Waals surface area (Å²) in [6.07, 6.45) is 10.6. The third-order valence-electron chi connectivity index (χ3n) is 7.36. The molecule has 0 aromatic heterocycles. The molecule has 0 bridgehead atoms. The molecule has 0 unspecified atom stereocenters. The van der Waals surface area contributed by atoms with Crippen LogP contribution in [-0.4, -0.2) is 52.3 Å². The number of amides is 4. The van der Waals surface area contributed by atoms with E-state index >= 15 is 0 Å². The number of likely N-dealkylation sites (tertiary alicyclic amines) is 1. The van der Waals surface area contributed by atoms with E-state index in [0.29, 0.717) is 18.4 Å². The van der Waals surface area contributed by atoms with Gasteiger partial charge in [0.15, 0.2) is 0 Å². The number of urea groups is 1. The van der Waals surface area contributed by atoms with E-state index in [0.717, 1.165) is 38.6 Å². The van der Waals surface area contributed by atoms with E-state index in [1.54, 1.807) is 0 Å². The predicted molar refractivity (Wildman–Crippen MR) is 97.3 cm³/mol. The molecule has 4 amide bonds. The molecule has 4 fully saturated rings. The van der Waals surface area contributed by atoms with Crippen molar-refractivity contribution in [1.82, 2.24) is 15.1 Å². The lowest BCUT2D eigenvalue weighted by atomic mass is 9.73. The zero-order chi connectivity index (χ0) is 18.3. The number of hydrogen-bond acceptors (Lipinski definition) is 3. The topological polar surface area (TPSA) is 69.7 Å². The van der Waals surface area contributed by atoms with E-state index in [1.807, 2.05) is 11.8 Å². The summed E-state index contributed by atoms with van der Waals surface area (Å²) >= 11 is 0. The van der Waals surface area contributed by atoms with Gasteiger partial charge in [-0.2, -0.15) is 0 Å². The first kappa shape index (κ1) is 17.8. The lowest BCUT2D eigenvalue weighted by Crippen LogP contribution is -2.55. The van der Waals surface area contributed by atoms with Crippen molar-refractivity contribution in [2.75, 3.05) is 13.1 Å². The van der Waals surface area contributed by atoms with Crippen LogP contribution in [0.2, 0.25) is 0 Å². The monoisotopic (exact) mass is 361 g/mol. The number of carbonyl (C=O) groups excluding carboxylic acids is 3. The van der Waals surface area contributed by atoms with Crippen LogP contribution in [0.3, 0.4) is 0 Å². The maximum atomic E-state index is 13.1. The van der Waals surface area contributed by atoms with Crippen LogP contribution in [0.15, 0.2) is 0 Å². The van der Waals surface area contributed by atoms with Crippen molar-refractivity contribution in [3.63, 3.8) is 0 Å². The highest BCUT2D eigenvalue weighted by Gasteiger charge is 2.55. The van der Waals surface area contributed by atoms with Crippen LogP contribution in [0.1, 0.15) is 71.1 Å². The fourth-order valence-corrected chi connectivity index (χ4v) is 5.80. The molecule has 2 saturated carbocycles. The highest BCUT2D eigenvalue weighted by Crippen LogP contribution is 2.39. The van der Waals surface area contributed by atoms with Crippen LogP contribution in [-0.2, 0) is 9.59 Å². The van der Waals surface area contributed by atoms with E-state index < -0.39 is 5.54 Å². The highest BCUT2D eigenvalue weighted by molar-refractivity contribution is 6.09. The number of carbonyl (C=O) groups is 3. The number of nitrogens with zero attached hydrogens (tertiary/aromatic N) is 2. The van der Waals surface area contributed by atoms with Gasteiger partial charge in [0.25, 0.3) is 5.91 Å². The first-order valence-corrected chi connectivity index (χ1v) is 10.5. The number of hydrogen-bond donors (Lipinski definition) is 1. The van der Waals surface area contributed by atoms with Crippen LogP contribution in [0.4, 0.5) is 4.79 Å². The molecule has 6 heteroatoms. The van der Waals surface area contributed by atoms with Crippen molar-refractivity contribution in [3.05, 3.63) is 0 Å². The van der Waals surface area contributed by atoms with Gasteiger partial charge in [0.1, 0.15) is 12.1 Å². The van der Waals surface area contributed by atoms with Crippen LogP contribution in [0.5, 0.6) is 0 Å². The second-order valence-electron chi connectivity index (χ2n) is 8.78. The normalized spacial score (nSPS) is 37.7. The Morgan fingerprint density at radius 1 is 1.08 bits per heavy atom. The van der Waals surface area contributed by atoms with E-state index in [2.05, 4.69) is 5.32 Å². The Morgan fingerprint density at radius 3 is 2.62 bits per heavy atom. The first-order chi connectivity index (χ1) is 12.5. The van der Waals surface area contributed by atoms with E-state index in [1.165, 1.54) is 30.6 Å². The summed E-state index contributed by atoms with van der Waals surface area (Å²) < 4.78 is 0. The maximum absolute atomic E-state index is 13.1. The summed E-state index contributed by atoms with van der Waals surface area (Å²) in [5, 5.41) is 2.95. The van der Waals surface area contributed by atoms with Gasteiger partial charge < -0.3 is 10.2 Å². The summed E-state index contributed by atoms with van der Waals surface area (Å²) in [6.45, 7) is 2.72. The van der Waals surface area contributed by atoms with Crippen LogP contribution in [0, 0.1) is 11.8 Å². The molecule has 6 nitrogen and oxygen atoms in total. The zero-order valence-electron chi connectivity index (χ0n) is 15.8. The Bertz CT molecular complexity index is 605. The second kappa shape index (κ2) is 6.86. The summed E-state index contributed by atoms with van der Waals surface area (Å²) in [5.41, 5.74) is -0.773. The van der Waals surface area contributed by atoms with Gasteiger partial charge in [-0.3, -0.25) is 14.5 Å². The van der Waals surface area contributed by atoms with Gasteiger partial charge in [0, 0.05) is 12.6 Å². The molecule has 26 heavy (non-hydrogen) atoms. The summed E-state index contributed by atoms with van der Waals surface area (Å²) in [4.78, 5) is 41.8. The van der Waals surface area contributed by atoms with Crippen molar-refractivity contribution in [2.45, 2.75) is 82.7 Å². The summed E-state index contributed by atoms with van der Waals surface area (Å²) in [6, 6.07) is -0.0670. The van der Waals surface area contributed by atoms with Crippen molar-refractivity contribution >= 4 is 17.8 Å². The van der Waals surface area contributed by atoms with Crippen molar-refractivity contribution < 1.29 is 14.4 Å². The van der Waals surface area contributed by atoms with E-state index in [4.69, 9.17) is 0 Å². The lowest BCUT2D eigenvalue weighted by Gasteiger charge is -2.44. The van der Waals surface area contributed by atoms with Crippen LogP contribution >= 0.6 is 0 Å². The Morgan fingerprint density at radius 2 is 1.81 bits per heavy atom. The van der Waals surface area contributed by atoms with Gasteiger partial charge in [0.2, 0.25) is 5.91 Å². The predicted octanol–water partition coefficient (Wildman–Crippen LogP) is 2.67. The molecule has 1 spiro atoms. The van der Waals surface area contributed by atoms with Crippen molar-refractivity contribution in [3.8, 4) is 0 Å². The largest absolute Gasteiger partial charge is 0.338 e. The van der Waals surface area contributed by atoms with Gasteiger partial charge in [-0.1, -0.05) is 32.6 Å². The third-order valence-corrected chi connectivity index (χ3v) is 7.36.